The summed E-state index contributed by atoms with van der Waals surface area (Å²) in [7, 11) is 0. The zero-order valence-corrected chi connectivity index (χ0v) is 9.91. The fraction of sp³-hybridized carbons (Fsp3) is 0.727. The first-order valence-electron chi connectivity index (χ1n) is 5.81. The van der Waals surface area contributed by atoms with Crippen LogP contribution in [0.5, 0.6) is 0 Å². The molecule has 3 atom stereocenters. The van der Waals surface area contributed by atoms with E-state index in [1.54, 1.807) is 6.20 Å². The third-order valence-electron chi connectivity index (χ3n) is 3.83. The molecule has 2 fully saturated rings. The zero-order chi connectivity index (χ0) is 11.2. The largest absolute Gasteiger partial charge is 0.388 e. The molecule has 2 aliphatic rings. The Morgan fingerprint density at radius 3 is 2.75 bits per heavy atom. The fourth-order valence-electron chi connectivity index (χ4n) is 3.03. The number of nitrogens with zero attached hydrogens (tertiary/aromatic N) is 1. The Labute approximate surface area is 98.9 Å². The highest BCUT2D eigenvalue weighted by Gasteiger charge is 2.47. The maximum Gasteiger partial charge on any atom is 0.112 e. The summed E-state index contributed by atoms with van der Waals surface area (Å²) in [6, 6.07) is 0.544. The minimum atomic E-state index is -0.769. The molecular weight excluding hydrogens is 222 g/mol. The van der Waals surface area contributed by atoms with Gasteiger partial charge in [-0.15, -0.1) is 11.3 Å². The lowest BCUT2D eigenvalue weighted by Crippen LogP contribution is -2.53. The maximum atomic E-state index is 10.7. The van der Waals surface area contributed by atoms with Crippen LogP contribution in [0.4, 0.5) is 0 Å². The third kappa shape index (κ3) is 1.68. The zero-order valence-electron chi connectivity index (χ0n) is 9.10. The van der Waals surface area contributed by atoms with Gasteiger partial charge in [-0.3, -0.25) is 0 Å². The molecule has 3 unspecified atom stereocenters. The van der Waals surface area contributed by atoms with Gasteiger partial charge in [-0.05, 0) is 25.7 Å². The van der Waals surface area contributed by atoms with E-state index in [2.05, 4.69) is 10.3 Å². The third-order valence-corrected chi connectivity index (χ3v) is 4.69. The molecule has 1 aromatic rings. The summed E-state index contributed by atoms with van der Waals surface area (Å²) >= 11 is 1.53. The lowest BCUT2D eigenvalue weighted by atomic mass is 9.82. The summed E-state index contributed by atoms with van der Waals surface area (Å²) in [5.41, 5.74) is 5.40. The predicted octanol–water partition coefficient (Wildman–Crippen LogP) is 0.788. The second-order valence-corrected chi connectivity index (χ2v) is 5.92. The summed E-state index contributed by atoms with van der Waals surface area (Å²) in [6.07, 6.45) is 5.59. The van der Waals surface area contributed by atoms with E-state index < -0.39 is 5.60 Å². The van der Waals surface area contributed by atoms with Crippen LogP contribution in [0.3, 0.4) is 0 Å². The average Bonchev–Trinajstić information content (AvgIpc) is 2.87. The summed E-state index contributed by atoms with van der Waals surface area (Å²) in [6.45, 7) is 0. The summed E-state index contributed by atoms with van der Waals surface area (Å²) in [4.78, 5) is 4.22. The molecule has 3 rings (SSSR count). The van der Waals surface area contributed by atoms with Gasteiger partial charge in [-0.2, -0.15) is 0 Å². The molecule has 0 aliphatic carbocycles. The van der Waals surface area contributed by atoms with Crippen LogP contribution < -0.4 is 11.1 Å². The molecule has 5 heteroatoms. The Morgan fingerprint density at radius 2 is 2.19 bits per heavy atom. The van der Waals surface area contributed by atoms with E-state index >= 15 is 0 Å². The minimum Gasteiger partial charge on any atom is -0.388 e. The van der Waals surface area contributed by atoms with E-state index in [0.29, 0.717) is 12.1 Å². The Hall–Kier alpha value is -0.490. The second kappa shape index (κ2) is 3.77. The molecule has 0 radical (unpaired) electrons. The standard InChI is InChI=1S/C11H17N3OS/c12-9(10-13-3-4-16-10)11(15)5-7-1-2-8(6-11)14-7/h3-4,7-9,14-15H,1-2,5-6,12H2. The van der Waals surface area contributed by atoms with Gasteiger partial charge in [0.25, 0.3) is 0 Å². The van der Waals surface area contributed by atoms with Crippen LogP contribution in [0, 0.1) is 0 Å². The van der Waals surface area contributed by atoms with Crippen LogP contribution in [0.2, 0.25) is 0 Å². The van der Waals surface area contributed by atoms with Crippen molar-refractivity contribution in [3.05, 3.63) is 16.6 Å². The molecule has 4 N–H and O–H groups in total. The summed E-state index contributed by atoms with van der Waals surface area (Å²) < 4.78 is 0. The minimum absolute atomic E-state index is 0.335. The molecule has 3 heterocycles. The molecule has 88 valence electrons. The smallest absolute Gasteiger partial charge is 0.112 e. The van der Waals surface area contributed by atoms with Gasteiger partial charge in [0.15, 0.2) is 0 Å². The number of nitrogens with two attached hydrogens (primary N) is 1. The van der Waals surface area contributed by atoms with Gasteiger partial charge in [0.05, 0.1) is 11.6 Å². The highest BCUT2D eigenvalue weighted by molar-refractivity contribution is 7.09. The van der Waals surface area contributed by atoms with Gasteiger partial charge >= 0.3 is 0 Å². The second-order valence-electron chi connectivity index (χ2n) is 5.00. The van der Waals surface area contributed by atoms with Crippen LogP contribution >= 0.6 is 11.3 Å². The molecule has 2 saturated heterocycles. The summed E-state index contributed by atoms with van der Waals surface area (Å²) in [5.74, 6) is 0. The first-order valence-corrected chi connectivity index (χ1v) is 6.69. The normalized spacial score (nSPS) is 39.9. The molecule has 4 nitrogen and oxygen atoms in total. The van der Waals surface area contributed by atoms with Crippen molar-refractivity contribution in [3.63, 3.8) is 0 Å². The van der Waals surface area contributed by atoms with Gasteiger partial charge in [-0.25, -0.2) is 4.98 Å². The topological polar surface area (TPSA) is 71.2 Å². The fourth-order valence-corrected chi connectivity index (χ4v) is 3.78. The lowest BCUT2D eigenvalue weighted by Gasteiger charge is -2.40. The first kappa shape index (κ1) is 10.7. The Bertz CT molecular complexity index is 355. The number of rotatable bonds is 2. The highest BCUT2D eigenvalue weighted by atomic mass is 32.1. The quantitative estimate of drug-likeness (QED) is 0.713. The number of aromatic nitrogens is 1. The first-order chi connectivity index (χ1) is 7.67. The average molecular weight is 239 g/mol. The van der Waals surface area contributed by atoms with E-state index in [1.165, 1.54) is 11.3 Å². The SMILES string of the molecule is NC(c1nccs1)C1(O)CC2CCC(C1)N2. The molecule has 2 aliphatic heterocycles. The van der Waals surface area contributed by atoms with Crippen molar-refractivity contribution >= 4 is 11.3 Å². The number of fused-ring (bicyclic) bond motifs is 2. The number of hydrogen-bond acceptors (Lipinski definition) is 5. The van der Waals surface area contributed by atoms with Crippen molar-refractivity contribution in [1.29, 1.82) is 0 Å². The summed E-state index contributed by atoms with van der Waals surface area (Å²) in [5, 5.41) is 17.0. The van der Waals surface area contributed by atoms with Crippen molar-refractivity contribution in [2.24, 2.45) is 5.73 Å². The number of aliphatic hydroxyl groups is 1. The van der Waals surface area contributed by atoms with Crippen LogP contribution in [-0.2, 0) is 0 Å². The van der Waals surface area contributed by atoms with Gasteiger partial charge in [0, 0.05) is 23.7 Å². The van der Waals surface area contributed by atoms with Crippen molar-refractivity contribution < 1.29 is 5.11 Å². The molecule has 2 bridgehead atoms. The van der Waals surface area contributed by atoms with Gasteiger partial charge in [0.1, 0.15) is 5.01 Å². The Morgan fingerprint density at radius 1 is 1.50 bits per heavy atom. The van der Waals surface area contributed by atoms with Crippen LogP contribution in [0.1, 0.15) is 36.7 Å². The van der Waals surface area contributed by atoms with Crippen molar-refractivity contribution in [1.82, 2.24) is 10.3 Å². The highest BCUT2D eigenvalue weighted by Crippen LogP contribution is 2.40. The van der Waals surface area contributed by atoms with Crippen LogP contribution in [0.15, 0.2) is 11.6 Å². The van der Waals surface area contributed by atoms with E-state index in [9.17, 15) is 5.11 Å². The molecule has 0 saturated carbocycles. The predicted molar refractivity (Wildman–Crippen MR) is 63.2 cm³/mol. The molecule has 16 heavy (non-hydrogen) atoms. The van der Waals surface area contributed by atoms with E-state index in [-0.39, 0.29) is 6.04 Å². The van der Waals surface area contributed by atoms with Crippen molar-refractivity contribution in [3.8, 4) is 0 Å². The molecule has 1 aromatic heterocycles. The number of thiazole rings is 1. The van der Waals surface area contributed by atoms with Gasteiger partial charge in [-0.1, -0.05) is 0 Å². The van der Waals surface area contributed by atoms with E-state index in [0.717, 1.165) is 30.7 Å². The Kier molecular flexibility index (Phi) is 2.51. The van der Waals surface area contributed by atoms with E-state index in [4.69, 9.17) is 5.73 Å². The Balaban J connectivity index is 1.82. The molecule has 0 spiro atoms. The van der Waals surface area contributed by atoms with Crippen molar-refractivity contribution in [2.45, 2.75) is 49.4 Å². The van der Waals surface area contributed by atoms with Crippen LogP contribution in [0.25, 0.3) is 0 Å². The molecule has 0 amide bonds. The lowest BCUT2D eigenvalue weighted by molar-refractivity contribution is -0.0298. The molecular formula is C11H17N3OS. The van der Waals surface area contributed by atoms with Gasteiger partial charge in [0.2, 0.25) is 0 Å². The number of piperidine rings is 1. The van der Waals surface area contributed by atoms with Crippen molar-refractivity contribution in [2.75, 3.05) is 0 Å². The van der Waals surface area contributed by atoms with E-state index in [1.807, 2.05) is 5.38 Å². The van der Waals surface area contributed by atoms with Gasteiger partial charge < -0.3 is 16.2 Å². The molecule has 0 aromatic carbocycles. The monoisotopic (exact) mass is 239 g/mol. The van der Waals surface area contributed by atoms with Crippen LogP contribution in [-0.4, -0.2) is 27.8 Å². The maximum absolute atomic E-state index is 10.7. The number of nitrogens with one attached hydrogen (secondary N) is 1. The number of hydrogen-bond donors (Lipinski definition) is 3.